The first kappa shape index (κ1) is 10.2. The maximum Gasteiger partial charge on any atom is 0.309 e. The van der Waals surface area contributed by atoms with Crippen LogP contribution in [0.4, 0.5) is 0 Å². The zero-order chi connectivity index (χ0) is 10.4. The number of hydrogen-bond donors (Lipinski definition) is 1. The van der Waals surface area contributed by atoms with Crippen LogP contribution in [0.3, 0.4) is 0 Å². The lowest BCUT2D eigenvalue weighted by Gasteiger charge is -1.94. The summed E-state index contributed by atoms with van der Waals surface area (Å²) in [6.07, 6.45) is 6.50. The number of rotatable bonds is 3. The second-order valence-corrected chi connectivity index (χ2v) is 2.66. The number of hydrogen-bond acceptors (Lipinski definition) is 4. The Morgan fingerprint density at radius 2 is 2.43 bits per heavy atom. The van der Waals surface area contributed by atoms with Crippen molar-refractivity contribution >= 4 is 12.0 Å². The molecule has 4 heteroatoms. The zero-order valence-electron chi connectivity index (χ0n) is 7.80. The summed E-state index contributed by atoms with van der Waals surface area (Å²) < 4.78 is 4.46. The van der Waals surface area contributed by atoms with E-state index in [1.807, 2.05) is 0 Å². The average Bonchev–Trinajstić information content (AvgIpc) is 2.17. The van der Waals surface area contributed by atoms with Gasteiger partial charge >= 0.3 is 5.97 Å². The van der Waals surface area contributed by atoms with Gasteiger partial charge in [-0.25, -0.2) is 0 Å². The van der Waals surface area contributed by atoms with Crippen LogP contribution < -0.4 is 0 Å². The summed E-state index contributed by atoms with van der Waals surface area (Å²) in [5.41, 5.74) is 0.744. The van der Waals surface area contributed by atoms with Gasteiger partial charge in [-0.2, -0.15) is 0 Å². The minimum Gasteiger partial charge on any atom is -0.506 e. The Hall–Kier alpha value is -1.84. The molecule has 0 fully saturated rings. The van der Waals surface area contributed by atoms with E-state index in [2.05, 4.69) is 9.72 Å². The molecule has 74 valence electrons. The molecule has 1 rings (SSSR count). The number of pyridine rings is 1. The summed E-state index contributed by atoms with van der Waals surface area (Å²) in [5, 5.41) is 9.08. The van der Waals surface area contributed by atoms with Gasteiger partial charge in [0.05, 0.1) is 19.7 Å². The van der Waals surface area contributed by atoms with Crippen molar-refractivity contribution < 1.29 is 14.6 Å². The molecule has 0 unspecified atom stereocenters. The number of aromatic nitrogens is 1. The molecule has 1 aromatic rings. The van der Waals surface area contributed by atoms with Gasteiger partial charge < -0.3 is 9.84 Å². The number of nitrogens with zero attached hydrogens (tertiary/aromatic N) is 1. The first-order valence-corrected chi connectivity index (χ1v) is 4.10. The summed E-state index contributed by atoms with van der Waals surface area (Å²) in [5.74, 6) is -0.195. The number of carbonyl (C=O) groups excluding carboxylic acids is 1. The van der Waals surface area contributed by atoms with Crippen molar-refractivity contribution in [1.29, 1.82) is 0 Å². The van der Waals surface area contributed by atoms with Crippen LogP contribution in [-0.4, -0.2) is 23.2 Å². The van der Waals surface area contributed by atoms with Crippen LogP contribution in [-0.2, 0) is 9.53 Å². The van der Waals surface area contributed by atoms with Crippen molar-refractivity contribution in [2.24, 2.45) is 0 Å². The minimum atomic E-state index is -0.297. The first-order chi connectivity index (χ1) is 6.72. The van der Waals surface area contributed by atoms with Gasteiger partial charge in [-0.1, -0.05) is 12.2 Å². The molecule has 0 spiro atoms. The van der Waals surface area contributed by atoms with E-state index in [0.29, 0.717) is 0 Å². The van der Waals surface area contributed by atoms with Crippen LogP contribution in [0, 0.1) is 0 Å². The van der Waals surface area contributed by atoms with Gasteiger partial charge in [-0.05, 0) is 11.6 Å². The van der Waals surface area contributed by atoms with Gasteiger partial charge in [-0.15, -0.1) is 0 Å². The van der Waals surface area contributed by atoms with Crippen LogP contribution in [0.1, 0.15) is 12.0 Å². The minimum absolute atomic E-state index is 0.102. The molecule has 1 N–H and O–H groups in total. The molecular weight excluding hydrogens is 182 g/mol. The third-order valence-electron chi connectivity index (χ3n) is 1.57. The first-order valence-electron chi connectivity index (χ1n) is 4.10. The van der Waals surface area contributed by atoms with Gasteiger partial charge in [-0.3, -0.25) is 9.78 Å². The number of ether oxygens (including phenoxy) is 1. The Morgan fingerprint density at radius 1 is 1.64 bits per heavy atom. The third kappa shape index (κ3) is 3.26. The monoisotopic (exact) mass is 193 g/mol. The lowest BCUT2D eigenvalue weighted by molar-refractivity contribution is -0.139. The molecule has 0 radical (unpaired) electrons. The number of methoxy groups -OCH3 is 1. The summed E-state index contributed by atoms with van der Waals surface area (Å²) in [6.45, 7) is 0. The standard InChI is InChI=1S/C10H11NO3/c1-14-10(13)4-2-3-8-5-9(12)7-11-6-8/h2-3,5-7,12H,4H2,1H3. The van der Waals surface area contributed by atoms with E-state index in [-0.39, 0.29) is 18.1 Å². The van der Waals surface area contributed by atoms with Gasteiger partial charge in [0.1, 0.15) is 5.75 Å². The van der Waals surface area contributed by atoms with Crippen molar-refractivity contribution in [3.8, 4) is 5.75 Å². The van der Waals surface area contributed by atoms with E-state index in [4.69, 9.17) is 5.11 Å². The molecule has 0 atom stereocenters. The molecule has 0 aromatic carbocycles. The molecule has 0 saturated heterocycles. The number of esters is 1. The normalized spacial score (nSPS) is 10.4. The van der Waals surface area contributed by atoms with Crippen LogP contribution >= 0.6 is 0 Å². The molecule has 0 aliphatic heterocycles. The highest BCUT2D eigenvalue weighted by atomic mass is 16.5. The maximum absolute atomic E-state index is 10.7. The third-order valence-corrected chi connectivity index (χ3v) is 1.57. The Balaban J connectivity index is 2.56. The van der Waals surface area contributed by atoms with Gasteiger partial charge in [0.25, 0.3) is 0 Å². The van der Waals surface area contributed by atoms with Crippen LogP contribution in [0.25, 0.3) is 6.08 Å². The van der Waals surface area contributed by atoms with Crippen molar-refractivity contribution in [3.05, 3.63) is 30.1 Å². The fourth-order valence-corrected chi connectivity index (χ4v) is 0.911. The fourth-order valence-electron chi connectivity index (χ4n) is 0.911. The highest BCUT2D eigenvalue weighted by molar-refractivity contribution is 5.72. The predicted octanol–water partition coefficient (Wildman–Crippen LogP) is 1.36. The average molecular weight is 193 g/mol. The summed E-state index contributed by atoms with van der Waals surface area (Å²) in [4.78, 5) is 14.5. The lowest BCUT2D eigenvalue weighted by atomic mass is 10.2. The molecular formula is C10H11NO3. The molecule has 4 nitrogen and oxygen atoms in total. The smallest absolute Gasteiger partial charge is 0.309 e. The summed E-state index contributed by atoms with van der Waals surface area (Å²) in [6, 6.07) is 1.56. The molecule has 1 heterocycles. The largest absolute Gasteiger partial charge is 0.506 e. The molecule has 0 bridgehead atoms. The van der Waals surface area contributed by atoms with Crippen LogP contribution in [0.15, 0.2) is 24.5 Å². The van der Waals surface area contributed by atoms with Gasteiger partial charge in [0, 0.05) is 6.20 Å². The maximum atomic E-state index is 10.7. The summed E-state index contributed by atoms with van der Waals surface area (Å²) in [7, 11) is 1.34. The van der Waals surface area contributed by atoms with Crippen LogP contribution in [0.2, 0.25) is 0 Å². The molecule has 14 heavy (non-hydrogen) atoms. The van der Waals surface area contributed by atoms with E-state index in [9.17, 15) is 4.79 Å². The Morgan fingerprint density at radius 3 is 3.07 bits per heavy atom. The van der Waals surface area contributed by atoms with Gasteiger partial charge in [0.15, 0.2) is 0 Å². The second-order valence-electron chi connectivity index (χ2n) is 2.66. The summed E-state index contributed by atoms with van der Waals surface area (Å²) >= 11 is 0. The topological polar surface area (TPSA) is 59.4 Å². The van der Waals surface area contributed by atoms with E-state index in [1.54, 1.807) is 24.4 Å². The number of aromatic hydroxyl groups is 1. The van der Waals surface area contributed by atoms with Gasteiger partial charge in [0.2, 0.25) is 0 Å². The zero-order valence-corrected chi connectivity index (χ0v) is 7.80. The van der Waals surface area contributed by atoms with E-state index in [0.717, 1.165) is 5.56 Å². The fraction of sp³-hybridized carbons (Fsp3) is 0.200. The molecule has 1 aromatic heterocycles. The Labute approximate surface area is 81.9 Å². The van der Waals surface area contributed by atoms with Crippen molar-refractivity contribution in [2.75, 3.05) is 7.11 Å². The number of carbonyl (C=O) groups is 1. The highest BCUT2D eigenvalue weighted by Gasteiger charge is 1.94. The SMILES string of the molecule is COC(=O)CC=Cc1cncc(O)c1. The predicted molar refractivity (Wildman–Crippen MR) is 51.6 cm³/mol. The van der Waals surface area contributed by atoms with Crippen molar-refractivity contribution in [2.45, 2.75) is 6.42 Å². The quantitative estimate of drug-likeness (QED) is 0.736. The lowest BCUT2D eigenvalue weighted by Crippen LogP contribution is -1.96. The van der Waals surface area contributed by atoms with E-state index >= 15 is 0 Å². The molecule has 0 aliphatic carbocycles. The van der Waals surface area contributed by atoms with E-state index in [1.165, 1.54) is 13.3 Å². The Bertz CT molecular complexity index is 347. The highest BCUT2D eigenvalue weighted by Crippen LogP contribution is 2.09. The molecule has 0 aliphatic rings. The molecule has 0 amide bonds. The van der Waals surface area contributed by atoms with E-state index < -0.39 is 0 Å². The van der Waals surface area contributed by atoms with Crippen molar-refractivity contribution in [3.63, 3.8) is 0 Å². The second kappa shape index (κ2) is 5.01. The molecule has 0 saturated carbocycles. The Kier molecular flexibility index (Phi) is 3.67. The van der Waals surface area contributed by atoms with Crippen LogP contribution in [0.5, 0.6) is 5.75 Å². The van der Waals surface area contributed by atoms with Crippen molar-refractivity contribution in [1.82, 2.24) is 4.98 Å².